The van der Waals surface area contributed by atoms with Gasteiger partial charge < -0.3 is 10.6 Å². The van der Waals surface area contributed by atoms with Gasteiger partial charge in [0.25, 0.3) is 10.0 Å². The second-order valence-electron chi connectivity index (χ2n) is 7.50. The molecule has 11 heteroatoms. The van der Waals surface area contributed by atoms with Crippen LogP contribution in [0.3, 0.4) is 0 Å². The Morgan fingerprint density at radius 3 is 2.84 bits per heavy atom. The number of nitriles is 1. The first-order chi connectivity index (χ1) is 14.9. The van der Waals surface area contributed by atoms with Crippen LogP contribution in [-0.2, 0) is 10.0 Å². The average Bonchev–Trinajstić information content (AvgIpc) is 3.40. The second kappa shape index (κ2) is 11.1. The number of anilines is 2. The van der Waals surface area contributed by atoms with Gasteiger partial charge in [0.2, 0.25) is 0 Å². The molecule has 1 aromatic heterocycles. The Hall–Kier alpha value is -1.93. The van der Waals surface area contributed by atoms with Gasteiger partial charge in [-0.05, 0) is 31.4 Å². The van der Waals surface area contributed by atoms with Gasteiger partial charge in [0, 0.05) is 30.7 Å². The number of thiazole rings is 1. The molecular formula is C20H25ClFN5O2S2. The fourth-order valence-corrected chi connectivity index (χ4v) is 5.71. The Morgan fingerprint density at radius 1 is 1.32 bits per heavy atom. The molecule has 0 unspecified atom stereocenters. The van der Waals surface area contributed by atoms with E-state index in [2.05, 4.69) is 26.4 Å². The van der Waals surface area contributed by atoms with Gasteiger partial charge in [0.05, 0.1) is 22.7 Å². The molecule has 2 atom stereocenters. The van der Waals surface area contributed by atoms with E-state index in [1.807, 2.05) is 0 Å². The molecule has 0 spiro atoms. The first-order valence-electron chi connectivity index (χ1n) is 10.2. The highest BCUT2D eigenvalue weighted by atomic mass is 35.5. The van der Waals surface area contributed by atoms with Crippen LogP contribution >= 0.6 is 22.9 Å². The molecule has 0 aliphatic carbocycles. The standard InChI is InChI=1S/C20H25ClFN5O2S2/c21-16-10-19(31(28,29)27-20-25-7-8-30-20)17(22)11-18(16)24-6-4-2-1-3-5-15-9-14(12-23)13-26-15/h7-8,10-11,14-15,24,26H,1-6,9,13H2,(H,25,27)/t14-,15+/m0/s1. The number of nitrogens with one attached hydrogen (secondary N) is 3. The number of aromatic nitrogens is 1. The van der Waals surface area contributed by atoms with Gasteiger partial charge in [-0.2, -0.15) is 5.26 Å². The van der Waals surface area contributed by atoms with E-state index in [1.54, 1.807) is 5.38 Å². The van der Waals surface area contributed by atoms with Crippen LogP contribution in [0.15, 0.2) is 28.6 Å². The van der Waals surface area contributed by atoms with Gasteiger partial charge in [-0.3, -0.25) is 4.72 Å². The highest BCUT2D eigenvalue weighted by Gasteiger charge is 2.23. The molecule has 2 aromatic rings. The number of hydrogen-bond donors (Lipinski definition) is 3. The quantitative estimate of drug-likeness (QED) is 0.401. The van der Waals surface area contributed by atoms with Crippen molar-refractivity contribution in [2.75, 3.05) is 23.1 Å². The van der Waals surface area contributed by atoms with Crippen molar-refractivity contribution in [3.05, 3.63) is 34.5 Å². The minimum atomic E-state index is -4.11. The van der Waals surface area contributed by atoms with E-state index in [0.717, 1.165) is 68.5 Å². The summed E-state index contributed by atoms with van der Waals surface area (Å²) in [5.74, 6) is -0.737. The summed E-state index contributed by atoms with van der Waals surface area (Å²) in [6.45, 7) is 1.41. The SMILES string of the molecule is N#C[C@H]1CN[C@H](CCCCCCNc2cc(F)c(S(=O)(=O)Nc3nccs3)cc2Cl)C1. The van der Waals surface area contributed by atoms with Gasteiger partial charge in [-0.25, -0.2) is 17.8 Å². The topological polar surface area (TPSA) is 107 Å². The van der Waals surface area contributed by atoms with E-state index < -0.39 is 20.7 Å². The van der Waals surface area contributed by atoms with Crippen LogP contribution < -0.4 is 15.4 Å². The van der Waals surface area contributed by atoms with E-state index in [4.69, 9.17) is 16.9 Å². The monoisotopic (exact) mass is 485 g/mol. The van der Waals surface area contributed by atoms with Crippen molar-refractivity contribution in [2.24, 2.45) is 5.92 Å². The molecule has 1 aromatic carbocycles. The lowest BCUT2D eigenvalue weighted by Gasteiger charge is -2.12. The molecule has 0 amide bonds. The predicted molar refractivity (Wildman–Crippen MR) is 121 cm³/mol. The molecule has 0 bridgehead atoms. The maximum Gasteiger partial charge on any atom is 0.266 e. The predicted octanol–water partition coefficient (Wildman–Crippen LogP) is 4.60. The highest BCUT2D eigenvalue weighted by Crippen LogP contribution is 2.29. The molecule has 2 heterocycles. The van der Waals surface area contributed by atoms with Crippen LogP contribution in [0.4, 0.5) is 15.2 Å². The molecule has 1 fully saturated rings. The van der Waals surface area contributed by atoms with Crippen molar-refractivity contribution in [1.29, 1.82) is 5.26 Å². The van der Waals surface area contributed by atoms with Gasteiger partial charge in [-0.15, -0.1) is 11.3 Å². The lowest BCUT2D eigenvalue weighted by Crippen LogP contribution is -2.20. The lowest BCUT2D eigenvalue weighted by atomic mass is 10.0. The summed E-state index contributed by atoms with van der Waals surface area (Å²) in [5, 5.41) is 17.3. The van der Waals surface area contributed by atoms with E-state index in [1.165, 1.54) is 6.20 Å². The summed E-state index contributed by atoms with van der Waals surface area (Å²) in [6.07, 6.45) is 7.56. The number of sulfonamides is 1. The van der Waals surface area contributed by atoms with Gasteiger partial charge >= 0.3 is 0 Å². The Bertz CT molecular complexity index is 1010. The summed E-state index contributed by atoms with van der Waals surface area (Å²) < 4.78 is 41.5. The Labute approximate surface area is 191 Å². The summed E-state index contributed by atoms with van der Waals surface area (Å²) in [4.78, 5) is 3.33. The molecule has 1 saturated heterocycles. The van der Waals surface area contributed by atoms with Crippen LogP contribution in [0.1, 0.15) is 38.5 Å². The zero-order valence-electron chi connectivity index (χ0n) is 16.9. The first kappa shape index (κ1) is 23.7. The molecule has 1 aliphatic heterocycles. The van der Waals surface area contributed by atoms with Crippen LogP contribution in [0.5, 0.6) is 0 Å². The third kappa shape index (κ3) is 6.77. The van der Waals surface area contributed by atoms with Crippen LogP contribution in [-0.4, -0.2) is 32.5 Å². The third-order valence-electron chi connectivity index (χ3n) is 5.16. The van der Waals surface area contributed by atoms with E-state index in [9.17, 15) is 12.8 Å². The van der Waals surface area contributed by atoms with Crippen molar-refractivity contribution < 1.29 is 12.8 Å². The minimum absolute atomic E-state index is 0.139. The normalized spacial score (nSPS) is 18.6. The second-order valence-corrected chi connectivity index (χ2v) is 10.5. The van der Waals surface area contributed by atoms with Gasteiger partial charge in [0.1, 0.15) is 10.7 Å². The molecule has 3 rings (SSSR count). The fraction of sp³-hybridized carbons (Fsp3) is 0.500. The molecule has 31 heavy (non-hydrogen) atoms. The number of benzene rings is 1. The number of hydrogen-bond acceptors (Lipinski definition) is 7. The third-order valence-corrected chi connectivity index (χ3v) is 7.65. The number of nitrogens with zero attached hydrogens (tertiary/aromatic N) is 2. The lowest BCUT2D eigenvalue weighted by molar-refractivity contribution is 0.507. The van der Waals surface area contributed by atoms with E-state index >= 15 is 0 Å². The van der Waals surface area contributed by atoms with Crippen molar-refractivity contribution >= 4 is 43.8 Å². The average molecular weight is 486 g/mol. The van der Waals surface area contributed by atoms with Crippen molar-refractivity contribution in [3.8, 4) is 6.07 Å². The molecule has 3 N–H and O–H groups in total. The number of rotatable bonds is 11. The maximum atomic E-state index is 14.5. The molecule has 0 saturated carbocycles. The molecule has 1 aliphatic rings. The van der Waals surface area contributed by atoms with Gasteiger partial charge in [0.15, 0.2) is 5.13 Å². The molecule has 168 valence electrons. The number of unbranched alkanes of at least 4 members (excludes halogenated alkanes) is 3. The Morgan fingerprint density at radius 2 is 2.13 bits per heavy atom. The smallest absolute Gasteiger partial charge is 0.266 e. The van der Waals surface area contributed by atoms with Crippen molar-refractivity contribution in [3.63, 3.8) is 0 Å². The van der Waals surface area contributed by atoms with Crippen molar-refractivity contribution in [2.45, 2.75) is 49.5 Å². The zero-order valence-corrected chi connectivity index (χ0v) is 19.3. The van der Waals surface area contributed by atoms with E-state index in [0.29, 0.717) is 18.3 Å². The molecule has 0 radical (unpaired) electrons. The Kier molecular flexibility index (Phi) is 8.49. The first-order valence-corrected chi connectivity index (χ1v) is 12.9. The summed E-state index contributed by atoms with van der Waals surface area (Å²) >= 11 is 7.28. The Balaban J connectivity index is 1.42. The van der Waals surface area contributed by atoms with Crippen LogP contribution in [0, 0.1) is 23.1 Å². The maximum absolute atomic E-state index is 14.5. The fourth-order valence-electron chi connectivity index (χ4n) is 3.54. The largest absolute Gasteiger partial charge is 0.384 e. The zero-order chi connectivity index (χ0) is 22.3. The number of halogens is 2. The molecular weight excluding hydrogens is 461 g/mol. The highest BCUT2D eigenvalue weighted by molar-refractivity contribution is 7.93. The van der Waals surface area contributed by atoms with E-state index in [-0.39, 0.29) is 16.1 Å². The van der Waals surface area contributed by atoms with Crippen LogP contribution in [0.2, 0.25) is 5.02 Å². The molecule has 7 nitrogen and oxygen atoms in total. The van der Waals surface area contributed by atoms with Crippen molar-refractivity contribution in [1.82, 2.24) is 10.3 Å². The summed E-state index contributed by atoms with van der Waals surface area (Å²) in [7, 11) is -4.11. The van der Waals surface area contributed by atoms with Crippen LogP contribution in [0.25, 0.3) is 0 Å². The summed E-state index contributed by atoms with van der Waals surface area (Å²) in [6, 6.07) is 4.98. The van der Waals surface area contributed by atoms with Gasteiger partial charge in [-0.1, -0.05) is 30.9 Å². The summed E-state index contributed by atoms with van der Waals surface area (Å²) in [5.41, 5.74) is 0.366. The minimum Gasteiger partial charge on any atom is -0.384 e.